The molecule has 250 valence electrons. The highest BCUT2D eigenvalue weighted by Gasteiger charge is 2.56. The average Bonchev–Trinajstić information content (AvgIpc) is 3.62. The van der Waals surface area contributed by atoms with Gasteiger partial charge in [0, 0.05) is 28.9 Å². The number of benzene rings is 3. The molecule has 2 heterocycles. The number of carboxylic acids is 1. The summed E-state index contributed by atoms with van der Waals surface area (Å²) in [6, 6.07) is 25.0. The molecule has 9 heteroatoms. The molecule has 8 nitrogen and oxygen atoms in total. The maximum absolute atomic E-state index is 13.8. The Labute approximate surface area is 289 Å². The number of likely N-dealkylation sites (tertiary alicyclic amines) is 1. The first kappa shape index (κ1) is 33.7. The van der Waals surface area contributed by atoms with Gasteiger partial charge in [-0.15, -0.1) is 0 Å². The van der Waals surface area contributed by atoms with E-state index in [4.69, 9.17) is 14.6 Å². The lowest BCUT2D eigenvalue weighted by molar-refractivity contribution is -0.141. The largest absolute Gasteiger partial charge is 0.507 e. The number of aromatic hydroxyl groups is 1. The monoisotopic (exact) mass is 713 g/mol. The number of phenols is 1. The van der Waals surface area contributed by atoms with Gasteiger partial charge in [0.1, 0.15) is 18.1 Å². The number of ether oxygens (including phenoxy) is 2. The summed E-state index contributed by atoms with van der Waals surface area (Å²) < 4.78 is 13.6. The van der Waals surface area contributed by atoms with Crippen molar-refractivity contribution in [3.05, 3.63) is 106 Å². The summed E-state index contributed by atoms with van der Waals surface area (Å²) >= 11 is 3.52. The predicted octanol–water partition coefficient (Wildman–Crippen LogP) is 7.52. The van der Waals surface area contributed by atoms with Crippen LogP contribution in [0.15, 0.2) is 94.5 Å². The van der Waals surface area contributed by atoms with E-state index in [-0.39, 0.29) is 36.0 Å². The lowest BCUT2D eigenvalue weighted by atomic mass is 9.69. The van der Waals surface area contributed by atoms with Gasteiger partial charge in [-0.2, -0.15) is 0 Å². The van der Waals surface area contributed by atoms with E-state index in [1.807, 2.05) is 60.7 Å². The normalized spacial score (nSPS) is 22.2. The van der Waals surface area contributed by atoms with Crippen LogP contribution in [0.2, 0.25) is 0 Å². The lowest BCUT2D eigenvalue weighted by Crippen LogP contribution is -2.35. The Hall–Kier alpha value is -4.21. The molecule has 0 bridgehead atoms. The topological polar surface area (TPSA) is 113 Å². The molecule has 0 unspecified atom stereocenters. The van der Waals surface area contributed by atoms with E-state index in [0.717, 1.165) is 32.5 Å². The number of imide groups is 1. The molecule has 3 aromatic carbocycles. The van der Waals surface area contributed by atoms with Gasteiger partial charge >= 0.3 is 5.97 Å². The highest BCUT2D eigenvalue weighted by molar-refractivity contribution is 9.10. The van der Waals surface area contributed by atoms with Gasteiger partial charge in [0.2, 0.25) is 11.8 Å². The molecule has 0 saturated carbocycles. The fourth-order valence-corrected chi connectivity index (χ4v) is 7.75. The standard InChI is InChI=1S/C39H40BrNO7/c40-29-16-17-33(42)27(21-29)20-26(25-10-4-1-5-11-25)15-18-34-36-28(23-47-30-12-6-2-7-13-30)22-31-37(32(36)24-48-34)39(46)41(38(31)45)19-9-3-8-14-35(43)44/h1-2,4-7,10-13,16-17,20-21,31-32,34,37,42H,3,8-9,14-15,18-19,22-24H2,(H,43,44)/b26-20-/t31-,32+,34-,37-/m1/s1. The number of amides is 2. The van der Waals surface area contributed by atoms with Crippen LogP contribution in [0.1, 0.15) is 56.1 Å². The van der Waals surface area contributed by atoms with Crippen LogP contribution in [-0.2, 0) is 19.1 Å². The van der Waals surface area contributed by atoms with Crippen molar-refractivity contribution in [1.29, 1.82) is 0 Å². The number of hydrogen-bond acceptors (Lipinski definition) is 6. The minimum Gasteiger partial charge on any atom is -0.507 e. The van der Waals surface area contributed by atoms with E-state index >= 15 is 0 Å². The molecule has 3 aromatic rings. The van der Waals surface area contributed by atoms with Crippen LogP contribution in [0.5, 0.6) is 11.5 Å². The first-order valence-corrected chi connectivity index (χ1v) is 17.4. The zero-order chi connectivity index (χ0) is 33.6. The minimum absolute atomic E-state index is 0.0806. The number of phenolic OH excluding ortho intramolecular Hbond substituents is 1. The van der Waals surface area contributed by atoms with E-state index in [1.165, 1.54) is 4.90 Å². The van der Waals surface area contributed by atoms with Gasteiger partial charge in [-0.05, 0) is 90.8 Å². The van der Waals surface area contributed by atoms with Crippen molar-refractivity contribution in [3.8, 4) is 11.5 Å². The summed E-state index contributed by atoms with van der Waals surface area (Å²) in [5.41, 5.74) is 4.91. The summed E-state index contributed by atoms with van der Waals surface area (Å²) in [5, 5.41) is 19.6. The fourth-order valence-electron chi connectivity index (χ4n) is 7.37. The number of para-hydroxylation sites is 1. The van der Waals surface area contributed by atoms with Gasteiger partial charge in [-0.25, -0.2) is 0 Å². The van der Waals surface area contributed by atoms with Gasteiger partial charge in [-0.3, -0.25) is 19.3 Å². The first-order valence-electron chi connectivity index (χ1n) is 16.6. The Morgan fingerprint density at radius 2 is 1.69 bits per heavy atom. The van der Waals surface area contributed by atoms with Crippen LogP contribution in [0.4, 0.5) is 0 Å². The first-order chi connectivity index (χ1) is 23.3. The highest BCUT2D eigenvalue weighted by Crippen LogP contribution is 2.50. The van der Waals surface area contributed by atoms with Crippen LogP contribution in [0.3, 0.4) is 0 Å². The number of carbonyl (C=O) groups excluding carboxylic acids is 2. The number of fused-ring (bicyclic) bond motifs is 3. The Kier molecular flexibility index (Phi) is 10.8. The summed E-state index contributed by atoms with van der Waals surface area (Å²) in [5.74, 6) is -1.35. The summed E-state index contributed by atoms with van der Waals surface area (Å²) in [6.45, 7) is 0.974. The predicted molar refractivity (Wildman–Crippen MR) is 186 cm³/mol. The van der Waals surface area contributed by atoms with Gasteiger partial charge < -0.3 is 19.7 Å². The van der Waals surface area contributed by atoms with Gasteiger partial charge in [0.25, 0.3) is 0 Å². The molecule has 0 aromatic heterocycles. The summed E-state index contributed by atoms with van der Waals surface area (Å²) in [7, 11) is 0. The van der Waals surface area contributed by atoms with E-state index in [2.05, 4.69) is 28.1 Å². The van der Waals surface area contributed by atoms with Crippen molar-refractivity contribution in [2.45, 2.75) is 51.0 Å². The second-order valence-electron chi connectivity index (χ2n) is 12.7. The molecule has 2 amide bonds. The van der Waals surface area contributed by atoms with E-state index in [9.17, 15) is 19.5 Å². The van der Waals surface area contributed by atoms with Crippen molar-refractivity contribution in [2.24, 2.45) is 17.8 Å². The molecule has 6 rings (SSSR count). The van der Waals surface area contributed by atoms with Gasteiger partial charge in [-0.1, -0.05) is 70.9 Å². The van der Waals surface area contributed by atoms with E-state index < -0.39 is 17.8 Å². The van der Waals surface area contributed by atoms with Crippen molar-refractivity contribution >= 4 is 45.4 Å². The summed E-state index contributed by atoms with van der Waals surface area (Å²) in [6.07, 6.45) is 5.34. The number of hydrogen-bond donors (Lipinski definition) is 2. The number of unbranched alkanes of at least 4 members (excludes halogenated alkanes) is 2. The van der Waals surface area contributed by atoms with Crippen LogP contribution in [0, 0.1) is 17.8 Å². The van der Waals surface area contributed by atoms with Crippen LogP contribution in [-0.4, -0.2) is 58.8 Å². The molecule has 3 aliphatic rings. The smallest absolute Gasteiger partial charge is 0.303 e. The quantitative estimate of drug-likeness (QED) is 0.0769. The maximum atomic E-state index is 13.8. The molecule has 2 fully saturated rings. The fraction of sp³-hybridized carbons (Fsp3) is 0.359. The lowest BCUT2D eigenvalue weighted by Gasteiger charge is -2.32. The van der Waals surface area contributed by atoms with Crippen LogP contribution in [0.25, 0.3) is 11.6 Å². The summed E-state index contributed by atoms with van der Waals surface area (Å²) in [4.78, 5) is 39.8. The third-order valence-electron chi connectivity index (χ3n) is 9.67. The molecule has 0 radical (unpaired) electrons. The zero-order valence-electron chi connectivity index (χ0n) is 26.7. The third-order valence-corrected chi connectivity index (χ3v) is 10.2. The van der Waals surface area contributed by atoms with Crippen molar-refractivity contribution in [2.75, 3.05) is 19.8 Å². The van der Waals surface area contributed by atoms with Crippen LogP contribution >= 0.6 is 15.9 Å². The molecule has 2 N–H and O–H groups in total. The van der Waals surface area contributed by atoms with Crippen molar-refractivity contribution in [1.82, 2.24) is 4.90 Å². The molecule has 1 aliphatic carbocycles. The number of carbonyl (C=O) groups is 3. The number of nitrogens with zero attached hydrogens (tertiary/aromatic N) is 1. The Balaban J connectivity index is 1.25. The molecule has 2 saturated heterocycles. The Morgan fingerprint density at radius 3 is 2.44 bits per heavy atom. The Morgan fingerprint density at radius 1 is 0.938 bits per heavy atom. The number of rotatable bonds is 14. The third kappa shape index (κ3) is 7.58. The maximum Gasteiger partial charge on any atom is 0.303 e. The van der Waals surface area contributed by atoms with E-state index in [1.54, 1.807) is 12.1 Å². The van der Waals surface area contributed by atoms with E-state index in [0.29, 0.717) is 63.8 Å². The van der Waals surface area contributed by atoms with Crippen molar-refractivity contribution in [3.63, 3.8) is 0 Å². The molecule has 4 atom stereocenters. The zero-order valence-corrected chi connectivity index (χ0v) is 28.3. The molecular weight excluding hydrogens is 674 g/mol. The second kappa shape index (κ2) is 15.3. The number of allylic oxidation sites excluding steroid dienone is 1. The average molecular weight is 715 g/mol. The second-order valence-corrected chi connectivity index (χ2v) is 13.7. The van der Waals surface area contributed by atoms with Gasteiger partial charge in [0.05, 0.1) is 24.5 Å². The number of halogens is 1. The van der Waals surface area contributed by atoms with Crippen molar-refractivity contribution < 1.29 is 34.1 Å². The molecular formula is C39H40BrNO7. The number of aliphatic carboxylic acids is 1. The molecule has 0 spiro atoms. The van der Waals surface area contributed by atoms with Gasteiger partial charge in [0.15, 0.2) is 0 Å². The molecule has 48 heavy (non-hydrogen) atoms. The van der Waals surface area contributed by atoms with Crippen LogP contribution < -0.4 is 4.74 Å². The minimum atomic E-state index is -0.841. The SMILES string of the molecule is O=C(O)CCCCCN1C(=O)[C@@H]2[C@@H](CC(COc3ccccc3)=C3[C@@H](CC/C(=C/c4cc(Br)ccc4O)c4ccccc4)OC[C@@H]32)C1=O. The Bertz CT molecular complexity index is 1700. The highest BCUT2D eigenvalue weighted by atomic mass is 79.9. The molecule has 2 aliphatic heterocycles. The number of carboxylic acid groups (broad SMARTS) is 1.